The van der Waals surface area contributed by atoms with Crippen LogP contribution < -0.4 is 5.32 Å². The Labute approximate surface area is 175 Å². The predicted octanol–water partition coefficient (Wildman–Crippen LogP) is 2.57. The molecule has 2 aromatic carbocycles. The van der Waals surface area contributed by atoms with Gasteiger partial charge in [0.2, 0.25) is 0 Å². The molecule has 1 heterocycles. The van der Waals surface area contributed by atoms with Gasteiger partial charge in [0.15, 0.2) is 0 Å². The zero-order chi connectivity index (χ0) is 21.5. The number of nitro benzene ring substituents is 1. The average molecular weight is 411 g/mol. The van der Waals surface area contributed by atoms with Gasteiger partial charge in [0, 0.05) is 36.8 Å². The highest BCUT2D eigenvalue weighted by Gasteiger charge is 2.28. The number of carbonyl (C=O) groups excluding carboxylic acids is 2. The topological polar surface area (TPSA) is 102 Å². The smallest absolute Gasteiger partial charge is 0.323 e. The van der Waals surface area contributed by atoms with Gasteiger partial charge < -0.3 is 15.0 Å². The fraction of sp³-hybridized carbons (Fsp3) is 0.364. The number of piperidine rings is 1. The van der Waals surface area contributed by atoms with E-state index in [1.165, 1.54) is 31.4 Å². The molecule has 3 rings (SSSR count). The van der Waals surface area contributed by atoms with Crippen molar-refractivity contribution in [1.82, 2.24) is 10.2 Å². The number of esters is 1. The van der Waals surface area contributed by atoms with Crippen molar-refractivity contribution in [1.29, 1.82) is 0 Å². The molecule has 0 radical (unpaired) electrons. The van der Waals surface area contributed by atoms with Gasteiger partial charge in [-0.1, -0.05) is 30.3 Å². The van der Waals surface area contributed by atoms with Crippen LogP contribution in [-0.4, -0.2) is 54.0 Å². The third-order valence-electron chi connectivity index (χ3n) is 5.31. The molecule has 1 atom stereocenters. The van der Waals surface area contributed by atoms with Crippen LogP contribution in [0.4, 0.5) is 5.69 Å². The molecule has 0 aromatic heterocycles. The molecule has 0 bridgehead atoms. The lowest BCUT2D eigenvalue weighted by Crippen LogP contribution is -2.50. The fourth-order valence-electron chi connectivity index (χ4n) is 3.64. The first-order chi connectivity index (χ1) is 14.5. The number of nitro groups is 1. The second-order valence-corrected chi connectivity index (χ2v) is 7.30. The van der Waals surface area contributed by atoms with E-state index in [9.17, 15) is 19.7 Å². The van der Waals surface area contributed by atoms with Crippen LogP contribution in [0.5, 0.6) is 0 Å². The number of rotatable bonds is 7. The molecule has 8 nitrogen and oxygen atoms in total. The molecule has 8 heteroatoms. The number of likely N-dealkylation sites (tertiary alicyclic amines) is 1. The second-order valence-electron chi connectivity index (χ2n) is 7.30. The molecule has 2 aromatic rings. The SMILES string of the molecule is COC(=O)C(Cc1ccccc1)NC1CCN(C(=O)c2ccc([N+](=O)[O-])cc2)CC1. The van der Waals surface area contributed by atoms with Gasteiger partial charge in [-0.2, -0.15) is 0 Å². The molecule has 0 saturated carbocycles. The van der Waals surface area contributed by atoms with Crippen molar-refractivity contribution < 1.29 is 19.2 Å². The number of hydrogen-bond donors (Lipinski definition) is 1. The molecule has 1 N–H and O–H groups in total. The summed E-state index contributed by atoms with van der Waals surface area (Å²) in [5.74, 6) is -0.444. The van der Waals surface area contributed by atoms with Crippen molar-refractivity contribution in [3.8, 4) is 0 Å². The number of nitrogens with one attached hydrogen (secondary N) is 1. The molecule has 30 heavy (non-hydrogen) atoms. The molecule has 1 amide bonds. The molecule has 1 saturated heterocycles. The molecule has 0 spiro atoms. The van der Waals surface area contributed by atoms with E-state index in [4.69, 9.17) is 4.74 Å². The lowest BCUT2D eigenvalue weighted by Gasteiger charge is -2.34. The van der Waals surface area contributed by atoms with Gasteiger partial charge in [-0.25, -0.2) is 0 Å². The zero-order valence-electron chi connectivity index (χ0n) is 16.8. The van der Waals surface area contributed by atoms with Crippen LogP contribution in [0.3, 0.4) is 0 Å². The number of carbonyl (C=O) groups is 2. The van der Waals surface area contributed by atoms with E-state index in [1.807, 2.05) is 30.3 Å². The minimum Gasteiger partial charge on any atom is -0.468 e. The van der Waals surface area contributed by atoms with Crippen LogP contribution >= 0.6 is 0 Å². The Balaban J connectivity index is 1.56. The zero-order valence-corrected chi connectivity index (χ0v) is 16.8. The molecule has 1 aliphatic heterocycles. The summed E-state index contributed by atoms with van der Waals surface area (Å²) in [6, 6.07) is 15.1. The number of nitrogens with zero attached hydrogens (tertiary/aromatic N) is 2. The molecular formula is C22H25N3O5. The summed E-state index contributed by atoms with van der Waals surface area (Å²) in [5.41, 5.74) is 1.44. The van der Waals surface area contributed by atoms with Crippen molar-refractivity contribution in [2.24, 2.45) is 0 Å². The summed E-state index contributed by atoms with van der Waals surface area (Å²) in [6.07, 6.45) is 1.96. The van der Waals surface area contributed by atoms with Gasteiger partial charge in [-0.05, 0) is 37.0 Å². The minimum absolute atomic E-state index is 0.0401. The number of methoxy groups -OCH3 is 1. The Morgan fingerprint density at radius 1 is 1.13 bits per heavy atom. The number of benzene rings is 2. The van der Waals surface area contributed by atoms with Crippen molar-refractivity contribution in [3.05, 3.63) is 75.8 Å². The Morgan fingerprint density at radius 2 is 1.77 bits per heavy atom. The van der Waals surface area contributed by atoms with Gasteiger partial charge >= 0.3 is 5.97 Å². The monoisotopic (exact) mass is 411 g/mol. The minimum atomic E-state index is -0.488. The lowest BCUT2D eigenvalue weighted by molar-refractivity contribution is -0.384. The molecular weight excluding hydrogens is 386 g/mol. The summed E-state index contributed by atoms with van der Waals surface area (Å²) >= 11 is 0. The van der Waals surface area contributed by atoms with Gasteiger partial charge in [0.05, 0.1) is 12.0 Å². The van der Waals surface area contributed by atoms with E-state index in [2.05, 4.69) is 5.32 Å². The van der Waals surface area contributed by atoms with Crippen LogP contribution in [-0.2, 0) is 16.0 Å². The molecule has 1 unspecified atom stereocenters. The largest absolute Gasteiger partial charge is 0.468 e. The third-order valence-corrected chi connectivity index (χ3v) is 5.31. The molecule has 0 aliphatic carbocycles. The van der Waals surface area contributed by atoms with E-state index in [-0.39, 0.29) is 23.6 Å². The normalized spacial score (nSPS) is 15.4. The van der Waals surface area contributed by atoms with Gasteiger partial charge in [0.25, 0.3) is 11.6 Å². The van der Waals surface area contributed by atoms with Gasteiger partial charge in [-0.3, -0.25) is 19.7 Å². The molecule has 1 aliphatic rings. The highest BCUT2D eigenvalue weighted by atomic mass is 16.6. The van der Waals surface area contributed by atoms with Crippen molar-refractivity contribution in [2.45, 2.75) is 31.3 Å². The standard InChI is InChI=1S/C22H25N3O5/c1-30-22(27)20(15-16-5-3-2-4-6-16)23-18-11-13-24(14-12-18)21(26)17-7-9-19(10-8-17)25(28)29/h2-10,18,20,23H,11-15H2,1H3. The number of amides is 1. The van der Waals surface area contributed by atoms with Crippen LogP contribution in [0.1, 0.15) is 28.8 Å². The first-order valence-electron chi connectivity index (χ1n) is 9.89. The maximum Gasteiger partial charge on any atom is 0.323 e. The summed E-state index contributed by atoms with van der Waals surface area (Å²) in [5, 5.41) is 14.2. The fourth-order valence-corrected chi connectivity index (χ4v) is 3.64. The molecule has 1 fully saturated rings. The number of ether oxygens (including phenoxy) is 1. The lowest BCUT2D eigenvalue weighted by atomic mass is 10.00. The van der Waals surface area contributed by atoms with E-state index in [0.29, 0.717) is 37.9 Å². The van der Waals surface area contributed by atoms with E-state index in [1.54, 1.807) is 4.90 Å². The Morgan fingerprint density at radius 3 is 2.33 bits per heavy atom. The van der Waals surface area contributed by atoms with Crippen molar-refractivity contribution in [3.63, 3.8) is 0 Å². The first kappa shape index (κ1) is 21.4. The summed E-state index contributed by atoms with van der Waals surface area (Å²) < 4.78 is 4.96. The Kier molecular flexibility index (Phi) is 7.13. The highest BCUT2D eigenvalue weighted by molar-refractivity contribution is 5.94. The van der Waals surface area contributed by atoms with E-state index in [0.717, 1.165) is 5.56 Å². The quantitative estimate of drug-likeness (QED) is 0.427. The average Bonchev–Trinajstić information content (AvgIpc) is 2.79. The van der Waals surface area contributed by atoms with Crippen LogP contribution in [0.25, 0.3) is 0 Å². The maximum absolute atomic E-state index is 12.7. The van der Waals surface area contributed by atoms with Crippen LogP contribution in [0, 0.1) is 10.1 Å². The van der Waals surface area contributed by atoms with Crippen LogP contribution in [0.2, 0.25) is 0 Å². The number of non-ortho nitro benzene ring substituents is 1. The predicted molar refractivity (Wildman–Crippen MR) is 111 cm³/mol. The van der Waals surface area contributed by atoms with Crippen molar-refractivity contribution >= 4 is 17.6 Å². The number of hydrogen-bond acceptors (Lipinski definition) is 6. The van der Waals surface area contributed by atoms with Gasteiger partial charge in [-0.15, -0.1) is 0 Å². The van der Waals surface area contributed by atoms with Crippen molar-refractivity contribution in [2.75, 3.05) is 20.2 Å². The Hall–Kier alpha value is -3.26. The highest BCUT2D eigenvalue weighted by Crippen LogP contribution is 2.18. The van der Waals surface area contributed by atoms with Crippen LogP contribution in [0.15, 0.2) is 54.6 Å². The second kappa shape index (κ2) is 9.98. The van der Waals surface area contributed by atoms with Gasteiger partial charge in [0.1, 0.15) is 6.04 Å². The maximum atomic E-state index is 12.7. The first-order valence-corrected chi connectivity index (χ1v) is 9.89. The Bertz CT molecular complexity index is 877. The van der Waals surface area contributed by atoms with E-state index < -0.39 is 11.0 Å². The summed E-state index contributed by atoms with van der Waals surface area (Å²) in [4.78, 5) is 36.9. The third kappa shape index (κ3) is 5.42. The van der Waals surface area contributed by atoms with E-state index >= 15 is 0 Å². The summed E-state index contributed by atoms with van der Waals surface area (Å²) in [6.45, 7) is 1.10. The molecule has 158 valence electrons. The summed E-state index contributed by atoms with van der Waals surface area (Å²) in [7, 11) is 1.38.